The first-order chi connectivity index (χ1) is 20.0. The molecule has 0 radical (unpaired) electrons. The van der Waals surface area contributed by atoms with E-state index in [9.17, 15) is 27.6 Å². The molecule has 0 aliphatic heterocycles. The van der Waals surface area contributed by atoms with Crippen molar-refractivity contribution in [2.75, 3.05) is 0 Å². The van der Waals surface area contributed by atoms with Crippen LogP contribution in [0.25, 0.3) is 22.3 Å². The van der Waals surface area contributed by atoms with E-state index in [4.69, 9.17) is 4.74 Å². The number of carbonyl (C=O) groups is 1. The summed E-state index contributed by atoms with van der Waals surface area (Å²) in [6, 6.07) is 6.62. The highest BCUT2D eigenvalue weighted by molar-refractivity contribution is 5.86. The molecule has 0 N–H and O–H groups in total. The summed E-state index contributed by atoms with van der Waals surface area (Å²) < 4.78 is 52.3. The number of benzene rings is 1. The first-order valence-corrected chi connectivity index (χ1v) is 13.2. The summed E-state index contributed by atoms with van der Waals surface area (Å²) in [6.45, 7) is 3.81. The van der Waals surface area contributed by atoms with Crippen LogP contribution < -0.4 is 11.2 Å². The molecule has 42 heavy (non-hydrogen) atoms. The van der Waals surface area contributed by atoms with Gasteiger partial charge in [-0.25, -0.2) is 14.6 Å². The number of alkyl halides is 3. The number of esters is 1. The topological polar surface area (TPSA) is 111 Å². The van der Waals surface area contributed by atoms with E-state index < -0.39 is 29.0 Å². The van der Waals surface area contributed by atoms with Crippen molar-refractivity contribution in [1.82, 2.24) is 33.0 Å². The number of nitrogens with zero attached hydrogens (tertiary/aromatic N) is 7. The fraction of sp³-hybridized carbons (Fsp3) is 0.321. The summed E-state index contributed by atoms with van der Waals surface area (Å²) in [5, 5.41) is 4.32. The van der Waals surface area contributed by atoms with Gasteiger partial charge in [0.25, 0.3) is 5.56 Å². The molecule has 0 aliphatic carbocycles. The Balaban J connectivity index is 1.60. The third-order valence-electron chi connectivity index (χ3n) is 6.90. The molecule has 0 unspecified atom stereocenters. The molecule has 0 bridgehead atoms. The minimum atomic E-state index is -4.47. The number of hydrogen-bond donors (Lipinski definition) is 0. The van der Waals surface area contributed by atoms with E-state index in [1.807, 2.05) is 6.92 Å². The molecule has 0 amide bonds. The number of imidazole rings is 1. The summed E-state index contributed by atoms with van der Waals surface area (Å²) >= 11 is 0. The molecule has 0 aliphatic rings. The molecule has 220 valence electrons. The Hall–Kier alpha value is -4.88. The van der Waals surface area contributed by atoms with Crippen LogP contribution in [-0.2, 0) is 44.3 Å². The highest BCUT2D eigenvalue weighted by Crippen LogP contribution is 2.30. The number of carbonyl (C=O) groups excluding carboxylic acids is 1. The van der Waals surface area contributed by atoms with Gasteiger partial charge in [-0.3, -0.25) is 18.6 Å². The first kappa shape index (κ1) is 28.6. The lowest BCUT2D eigenvalue weighted by Crippen LogP contribution is -2.40. The molecule has 14 heteroatoms. The van der Waals surface area contributed by atoms with Gasteiger partial charge in [-0.1, -0.05) is 19.1 Å². The Morgan fingerprint density at radius 2 is 1.86 bits per heavy atom. The van der Waals surface area contributed by atoms with Crippen LogP contribution in [0, 0.1) is 0 Å². The molecular weight excluding hydrogens is 555 g/mol. The third-order valence-corrected chi connectivity index (χ3v) is 6.90. The average Bonchev–Trinajstić information content (AvgIpc) is 3.68. The van der Waals surface area contributed by atoms with Gasteiger partial charge >= 0.3 is 17.8 Å². The van der Waals surface area contributed by atoms with E-state index in [0.29, 0.717) is 28.8 Å². The molecule has 1 aromatic carbocycles. The van der Waals surface area contributed by atoms with Gasteiger partial charge in [-0.05, 0) is 37.1 Å². The molecule has 0 fully saturated rings. The number of ether oxygens (including phenoxy) is 1. The quantitative estimate of drug-likeness (QED) is 0.244. The second-order valence-electron chi connectivity index (χ2n) is 9.72. The van der Waals surface area contributed by atoms with Crippen LogP contribution in [0.4, 0.5) is 13.2 Å². The Kier molecular flexibility index (Phi) is 7.63. The van der Waals surface area contributed by atoms with Crippen molar-refractivity contribution in [1.29, 1.82) is 0 Å². The van der Waals surface area contributed by atoms with Crippen LogP contribution >= 0.6 is 0 Å². The summed E-state index contributed by atoms with van der Waals surface area (Å²) in [5.41, 5.74) is 0.104. The van der Waals surface area contributed by atoms with Gasteiger partial charge in [0.1, 0.15) is 5.52 Å². The van der Waals surface area contributed by atoms with Gasteiger partial charge in [0, 0.05) is 44.3 Å². The smallest absolute Gasteiger partial charge is 0.416 e. The molecule has 4 heterocycles. The largest absolute Gasteiger partial charge is 0.438 e. The van der Waals surface area contributed by atoms with Gasteiger partial charge in [-0.2, -0.15) is 18.3 Å². The van der Waals surface area contributed by atoms with Crippen molar-refractivity contribution < 1.29 is 22.7 Å². The van der Waals surface area contributed by atoms with Gasteiger partial charge in [0.05, 0.1) is 29.5 Å². The zero-order valence-corrected chi connectivity index (χ0v) is 23.1. The Morgan fingerprint density at radius 3 is 2.52 bits per heavy atom. The summed E-state index contributed by atoms with van der Waals surface area (Å²) in [7, 11) is 1.64. The highest BCUT2D eigenvalue weighted by atomic mass is 19.4. The van der Waals surface area contributed by atoms with Crippen LogP contribution in [0.2, 0.25) is 0 Å². The van der Waals surface area contributed by atoms with E-state index in [0.717, 1.165) is 16.7 Å². The number of aryl methyl sites for hydroxylation is 2. The SMILES string of the molecule is CCCn1c(=O)c2c(cc(-c3cnn(Cc4cccc(C(F)(F)F)c4)c3)n2COC(=O)c2nccn2C)n(CC)c1=O. The second kappa shape index (κ2) is 11.2. The van der Waals surface area contributed by atoms with Gasteiger partial charge in [0.15, 0.2) is 6.73 Å². The Bertz CT molecular complexity index is 1890. The fourth-order valence-corrected chi connectivity index (χ4v) is 4.89. The summed E-state index contributed by atoms with van der Waals surface area (Å²) in [5.74, 6) is -0.649. The minimum Gasteiger partial charge on any atom is -0.438 e. The van der Waals surface area contributed by atoms with Crippen LogP contribution in [0.15, 0.2) is 64.7 Å². The standard InChI is InChI=1S/C28H28F3N7O4/c1-4-10-37-25(39)23-22(36(5-2)27(37)41)13-21(38(23)17-42-26(40)24-32-9-11-34(24)3)19-14-33-35(16-19)15-18-7-6-8-20(12-18)28(29,30)31/h6-9,11-14,16H,4-5,10,15,17H2,1-3H3. The minimum absolute atomic E-state index is 0.0568. The van der Waals surface area contributed by atoms with E-state index in [-0.39, 0.29) is 37.7 Å². The van der Waals surface area contributed by atoms with Crippen molar-refractivity contribution >= 4 is 17.0 Å². The first-order valence-electron chi connectivity index (χ1n) is 13.2. The average molecular weight is 584 g/mol. The lowest BCUT2D eigenvalue weighted by Gasteiger charge is -2.13. The monoisotopic (exact) mass is 583 g/mol. The molecule has 4 aromatic heterocycles. The number of aromatic nitrogens is 7. The normalized spacial score (nSPS) is 11.9. The van der Waals surface area contributed by atoms with E-state index in [1.54, 1.807) is 38.5 Å². The zero-order valence-electron chi connectivity index (χ0n) is 23.1. The molecule has 0 saturated carbocycles. The number of hydrogen-bond acceptors (Lipinski definition) is 6. The van der Waals surface area contributed by atoms with Crippen molar-refractivity contribution in [2.24, 2.45) is 7.05 Å². The molecule has 0 saturated heterocycles. The van der Waals surface area contributed by atoms with Crippen LogP contribution in [0.1, 0.15) is 42.0 Å². The predicted octanol–water partition coefficient (Wildman–Crippen LogP) is 3.87. The summed E-state index contributed by atoms with van der Waals surface area (Å²) in [4.78, 5) is 43.6. The molecule has 0 atom stereocenters. The Morgan fingerprint density at radius 1 is 1.07 bits per heavy atom. The zero-order chi connectivity index (χ0) is 30.2. The molecular formula is C28H28F3N7O4. The Labute approximate surface area is 237 Å². The summed E-state index contributed by atoms with van der Waals surface area (Å²) in [6.07, 6.45) is 2.24. The fourth-order valence-electron chi connectivity index (χ4n) is 4.89. The van der Waals surface area contributed by atoms with Crippen molar-refractivity contribution in [3.05, 3.63) is 92.9 Å². The van der Waals surface area contributed by atoms with Crippen LogP contribution in [0.5, 0.6) is 0 Å². The van der Waals surface area contributed by atoms with Crippen molar-refractivity contribution in [3.63, 3.8) is 0 Å². The van der Waals surface area contributed by atoms with Crippen LogP contribution in [-0.4, -0.2) is 39.0 Å². The number of halogens is 3. The highest BCUT2D eigenvalue weighted by Gasteiger charge is 2.30. The maximum Gasteiger partial charge on any atom is 0.416 e. The molecule has 11 nitrogen and oxygen atoms in total. The lowest BCUT2D eigenvalue weighted by atomic mass is 10.1. The van der Waals surface area contributed by atoms with Crippen molar-refractivity contribution in [3.8, 4) is 11.3 Å². The maximum absolute atomic E-state index is 13.6. The molecule has 0 spiro atoms. The number of fused-ring (bicyclic) bond motifs is 1. The van der Waals surface area contributed by atoms with Crippen molar-refractivity contribution in [2.45, 2.75) is 52.8 Å². The van der Waals surface area contributed by atoms with Gasteiger partial charge in [0.2, 0.25) is 5.82 Å². The van der Waals surface area contributed by atoms with E-state index in [2.05, 4.69) is 10.1 Å². The third kappa shape index (κ3) is 5.27. The molecule has 5 rings (SSSR count). The molecule has 5 aromatic rings. The predicted molar refractivity (Wildman–Crippen MR) is 147 cm³/mol. The maximum atomic E-state index is 13.6. The second-order valence-corrected chi connectivity index (χ2v) is 9.72. The van der Waals surface area contributed by atoms with E-state index in [1.165, 1.54) is 36.8 Å². The van der Waals surface area contributed by atoms with Gasteiger partial charge < -0.3 is 13.9 Å². The van der Waals surface area contributed by atoms with Crippen LogP contribution in [0.3, 0.4) is 0 Å². The number of rotatable bonds is 9. The van der Waals surface area contributed by atoms with Gasteiger partial charge in [-0.15, -0.1) is 0 Å². The van der Waals surface area contributed by atoms with E-state index >= 15 is 0 Å². The lowest BCUT2D eigenvalue weighted by molar-refractivity contribution is -0.137.